The molecule has 0 bridgehead atoms. The summed E-state index contributed by atoms with van der Waals surface area (Å²) in [6.07, 6.45) is 3.06. The molecule has 0 aromatic heterocycles. The highest BCUT2D eigenvalue weighted by Crippen LogP contribution is 2.26. The van der Waals surface area contributed by atoms with Crippen LogP contribution in [0.5, 0.6) is 0 Å². The van der Waals surface area contributed by atoms with E-state index >= 15 is 0 Å². The molecule has 0 unspecified atom stereocenters. The van der Waals surface area contributed by atoms with Crippen LogP contribution in [0.4, 0.5) is 11.4 Å². The normalized spacial score (nSPS) is 10.2. The standard InChI is InChI=1S/C27H21NO/c29-20-22-13-17-26(18-14-22)28-25-15-11-21(12-16-25)19-27(23-7-3-1-4-8-23)24-9-5-2-6-10-24/h1-20,28H. The fourth-order valence-corrected chi connectivity index (χ4v) is 3.21. The van der Waals surface area contributed by atoms with Crippen LogP contribution in [0.2, 0.25) is 0 Å². The summed E-state index contributed by atoms with van der Waals surface area (Å²) in [7, 11) is 0. The fourth-order valence-electron chi connectivity index (χ4n) is 3.21. The molecule has 0 aliphatic rings. The second-order valence-electron chi connectivity index (χ2n) is 6.78. The molecule has 29 heavy (non-hydrogen) atoms. The second kappa shape index (κ2) is 8.85. The third-order valence-electron chi connectivity index (χ3n) is 4.73. The number of nitrogens with one attached hydrogen (secondary N) is 1. The van der Waals surface area contributed by atoms with E-state index in [9.17, 15) is 4.79 Å². The highest BCUT2D eigenvalue weighted by atomic mass is 16.1. The van der Waals surface area contributed by atoms with Crippen molar-refractivity contribution in [2.75, 3.05) is 5.32 Å². The molecule has 4 aromatic rings. The molecule has 0 aliphatic heterocycles. The summed E-state index contributed by atoms with van der Waals surface area (Å²) < 4.78 is 0. The van der Waals surface area contributed by atoms with Gasteiger partial charge in [0.2, 0.25) is 0 Å². The Bertz CT molecular complexity index is 1060. The van der Waals surface area contributed by atoms with Crippen LogP contribution in [-0.2, 0) is 0 Å². The fraction of sp³-hybridized carbons (Fsp3) is 0. The van der Waals surface area contributed by atoms with Gasteiger partial charge in [0.05, 0.1) is 0 Å². The number of anilines is 2. The SMILES string of the molecule is O=Cc1ccc(Nc2ccc(C=C(c3ccccc3)c3ccccc3)cc2)cc1. The van der Waals surface area contributed by atoms with Crippen LogP contribution in [-0.4, -0.2) is 6.29 Å². The molecule has 0 heterocycles. The second-order valence-corrected chi connectivity index (χ2v) is 6.78. The maximum atomic E-state index is 10.8. The lowest BCUT2D eigenvalue weighted by atomic mass is 9.96. The summed E-state index contributed by atoms with van der Waals surface area (Å²) in [5, 5.41) is 3.36. The highest BCUT2D eigenvalue weighted by Gasteiger charge is 2.05. The third kappa shape index (κ3) is 4.69. The molecule has 0 radical (unpaired) electrons. The van der Waals surface area contributed by atoms with Gasteiger partial charge in [-0.15, -0.1) is 0 Å². The van der Waals surface area contributed by atoms with E-state index in [0.29, 0.717) is 5.56 Å². The quantitative estimate of drug-likeness (QED) is 0.295. The summed E-state index contributed by atoms with van der Waals surface area (Å²) in [6, 6.07) is 36.6. The van der Waals surface area contributed by atoms with Crippen molar-refractivity contribution >= 4 is 29.3 Å². The van der Waals surface area contributed by atoms with Crippen molar-refractivity contribution in [3.05, 3.63) is 131 Å². The van der Waals surface area contributed by atoms with E-state index < -0.39 is 0 Å². The molecule has 2 nitrogen and oxygen atoms in total. The maximum absolute atomic E-state index is 10.8. The first-order chi connectivity index (χ1) is 14.3. The number of carbonyl (C=O) groups is 1. The van der Waals surface area contributed by atoms with E-state index in [1.165, 1.54) is 16.7 Å². The van der Waals surface area contributed by atoms with Crippen molar-refractivity contribution in [1.82, 2.24) is 0 Å². The van der Waals surface area contributed by atoms with Crippen LogP contribution in [0.15, 0.2) is 109 Å². The number of aldehydes is 1. The van der Waals surface area contributed by atoms with Gasteiger partial charge in [0.1, 0.15) is 6.29 Å². The number of hydrogen-bond acceptors (Lipinski definition) is 2. The predicted molar refractivity (Wildman–Crippen MR) is 121 cm³/mol. The molecule has 0 atom stereocenters. The van der Waals surface area contributed by atoms with Gasteiger partial charge < -0.3 is 5.32 Å². The monoisotopic (exact) mass is 375 g/mol. The molecule has 1 N–H and O–H groups in total. The average molecular weight is 375 g/mol. The molecular formula is C27H21NO. The van der Waals surface area contributed by atoms with Crippen molar-refractivity contribution < 1.29 is 4.79 Å². The molecule has 0 fully saturated rings. The first kappa shape index (κ1) is 18.5. The zero-order valence-corrected chi connectivity index (χ0v) is 16.0. The topological polar surface area (TPSA) is 29.1 Å². The minimum Gasteiger partial charge on any atom is -0.356 e. The molecule has 0 saturated heterocycles. The van der Waals surface area contributed by atoms with Gasteiger partial charge in [-0.1, -0.05) is 72.8 Å². The zero-order valence-electron chi connectivity index (χ0n) is 16.0. The van der Waals surface area contributed by atoms with Crippen molar-refractivity contribution in [2.24, 2.45) is 0 Å². The van der Waals surface area contributed by atoms with E-state index in [0.717, 1.165) is 23.2 Å². The van der Waals surface area contributed by atoms with Gasteiger partial charge in [-0.25, -0.2) is 0 Å². The highest BCUT2D eigenvalue weighted by molar-refractivity contribution is 5.91. The van der Waals surface area contributed by atoms with Crippen LogP contribution in [0.1, 0.15) is 27.0 Å². The van der Waals surface area contributed by atoms with Gasteiger partial charge >= 0.3 is 0 Å². The molecule has 2 heteroatoms. The Hall–Kier alpha value is -3.91. The van der Waals surface area contributed by atoms with Crippen LogP contribution < -0.4 is 5.32 Å². The van der Waals surface area contributed by atoms with E-state index in [1.807, 2.05) is 24.3 Å². The van der Waals surface area contributed by atoms with Gasteiger partial charge in [0, 0.05) is 16.9 Å². The van der Waals surface area contributed by atoms with Gasteiger partial charge in [-0.05, 0) is 64.7 Å². The number of carbonyl (C=O) groups excluding carboxylic acids is 1. The molecule has 0 spiro atoms. The van der Waals surface area contributed by atoms with Gasteiger partial charge in [-0.3, -0.25) is 4.79 Å². The van der Waals surface area contributed by atoms with Gasteiger partial charge in [0.25, 0.3) is 0 Å². The summed E-state index contributed by atoms with van der Waals surface area (Å²) in [6.45, 7) is 0. The smallest absolute Gasteiger partial charge is 0.150 e. The summed E-state index contributed by atoms with van der Waals surface area (Å²) in [5.74, 6) is 0. The third-order valence-corrected chi connectivity index (χ3v) is 4.73. The molecule has 0 aliphatic carbocycles. The average Bonchev–Trinajstić information content (AvgIpc) is 2.80. The van der Waals surface area contributed by atoms with E-state index in [4.69, 9.17) is 0 Å². The zero-order chi connectivity index (χ0) is 19.9. The minimum atomic E-state index is 0.672. The molecule has 0 saturated carbocycles. The van der Waals surface area contributed by atoms with Crippen molar-refractivity contribution in [3.8, 4) is 0 Å². The predicted octanol–water partition coefficient (Wildman–Crippen LogP) is 6.83. The van der Waals surface area contributed by atoms with Crippen LogP contribution in [0.3, 0.4) is 0 Å². The minimum absolute atomic E-state index is 0.672. The van der Waals surface area contributed by atoms with Gasteiger partial charge in [0.15, 0.2) is 0 Å². The molecule has 4 aromatic carbocycles. The maximum Gasteiger partial charge on any atom is 0.150 e. The Morgan fingerprint density at radius 2 is 1.00 bits per heavy atom. The Morgan fingerprint density at radius 1 is 0.552 bits per heavy atom. The Balaban J connectivity index is 1.60. The number of hydrogen-bond donors (Lipinski definition) is 1. The van der Waals surface area contributed by atoms with E-state index in [2.05, 4.69) is 84.2 Å². The summed E-state index contributed by atoms with van der Waals surface area (Å²) >= 11 is 0. The summed E-state index contributed by atoms with van der Waals surface area (Å²) in [4.78, 5) is 10.8. The number of benzene rings is 4. The first-order valence-corrected chi connectivity index (χ1v) is 9.57. The van der Waals surface area contributed by atoms with Crippen LogP contribution in [0.25, 0.3) is 11.6 Å². The Morgan fingerprint density at radius 3 is 1.45 bits per heavy atom. The summed E-state index contributed by atoms with van der Waals surface area (Å²) in [5.41, 5.74) is 7.33. The molecule has 0 amide bonds. The van der Waals surface area contributed by atoms with Crippen LogP contribution >= 0.6 is 0 Å². The van der Waals surface area contributed by atoms with E-state index in [-0.39, 0.29) is 0 Å². The Kier molecular flexibility index (Phi) is 5.63. The Labute approximate surface area is 171 Å². The van der Waals surface area contributed by atoms with Gasteiger partial charge in [-0.2, -0.15) is 0 Å². The van der Waals surface area contributed by atoms with Crippen LogP contribution in [0, 0.1) is 0 Å². The van der Waals surface area contributed by atoms with Crippen molar-refractivity contribution in [1.29, 1.82) is 0 Å². The molecular weight excluding hydrogens is 354 g/mol. The lowest BCUT2D eigenvalue weighted by molar-refractivity contribution is 0.112. The van der Waals surface area contributed by atoms with Crippen molar-refractivity contribution in [2.45, 2.75) is 0 Å². The lowest BCUT2D eigenvalue weighted by Gasteiger charge is -2.10. The molecule has 4 rings (SSSR count). The first-order valence-electron chi connectivity index (χ1n) is 9.57. The lowest BCUT2D eigenvalue weighted by Crippen LogP contribution is -1.91. The largest absolute Gasteiger partial charge is 0.356 e. The number of rotatable bonds is 6. The molecule has 140 valence electrons. The van der Waals surface area contributed by atoms with E-state index in [1.54, 1.807) is 12.1 Å². The van der Waals surface area contributed by atoms with Crippen molar-refractivity contribution in [3.63, 3.8) is 0 Å².